The van der Waals surface area contributed by atoms with Crippen molar-refractivity contribution in [3.8, 4) is 0 Å². The van der Waals surface area contributed by atoms with Crippen LogP contribution in [-0.4, -0.2) is 53.8 Å². The van der Waals surface area contributed by atoms with Gasteiger partial charge in [-0.15, -0.1) is 0 Å². The minimum atomic E-state index is -0.857. The van der Waals surface area contributed by atoms with Crippen LogP contribution in [0.5, 0.6) is 0 Å². The summed E-state index contributed by atoms with van der Waals surface area (Å²) in [6.07, 6.45) is 3.33. The highest BCUT2D eigenvalue weighted by Gasteiger charge is 2.40. The van der Waals surface area contributed by atoms with Crippen molar-refractivity contribution in [3.05, 3.63) is 30.3 Å². The Morgan fingerprint density at radius 3 is 2.36 bits per heavy atom. The van der Waals surface area contributed by atoms with Crippen LogP contribution in [0.15, 0.2) is 30.3 Å². The van der Waals surface area contributed by atoms with Gasteiger partial charge in [0, 0.05) is 25.0 Å². The van der Waals surface area contributed by atoms with Gasteiger partial charge in [-0.2, -0.15) is 0 Å². The molecule has 4 rings (SSSR count). The Hall–Kier alpha value is -2.90. The molecule has 1 aromatic rings. The Bertz CT molecular complexity index is 785. The van der Waals surface area contributed by atoms with Gasteiger partial charge in [-0.05, 0) is 37.8 Å². The summed E-state index contributed by atoms with van der Waals surface area (Å²) in [6, 6.07) is 7.27. The van der Waals surface area contributed by atoms with Crippen molar-refractivity contribution in [3.63, 3.8) is 0 Å². The van der Waals surface area contributed by atoms with E-state index in [4.69, 9.17) is 0 Å². The fourth-order valence-corrected chi connectivity index (χ4v) is 3.80. The number of carbonyl (C=O) groups is 4. The van der Waals surface area contributed by atoms with Crippen LogP contribution in [0.2, 0.25) is 0 Å². The standard InChI is InChI=1S/C20H24N4O4/c25-17(21-14-8-10-23(11-9-14)18(26)13-6-7-13)12-16-19(27)24(20(28)22-16)15-4-2-1-3-5-15/h1-5,13-14,16H,6-12H2,(H,21,25)(H,22,28)/t16-/m1/s1. The summed E-state index contributed by atoms with van der Waals surface area (Å²) in [5.74, 6) is -0.225. The van der Waals surface area contributed by atoms with Gasteiger partial charge in [0.25, 0.3) is 5.91 Å². The topological polar surface area (TPSA) is 98.8 Å². The number of imide groups is 1. The maximum atomic E-state index is 12.6. The third kappa shape index (κ3) is 3.85. The second-order valence-corrected chi connectivity index (χ2v) is 7.66. The number of hydrogen-bond donors (Lipinski definition) is 2. The number of carbonyl (C=O) groups excluding carboxylic acids is 4. The second kappa shape index (κ2) is 7.61. The van der Waals surface area contributed by atoms with Crippen LogP contribution in [0.25, 0.3) is 0 Å². The zero-order valence-electron chi connectivity index (χ0n) is 15.6. The summed E-state index contributed by atoms with van der Waals surface area (Å²) in [5.41, 5.74) is 0.487. The highest BCUT2D eigenvalue weighted by molar-refractivity contribution is 6.22. The smallest absolute Gasteiger partial charge is 0.329 e. The zero-order chi connectivity index (χ0) is 19.7. The molecule has 1 atom stereocenters. The van der Waals surface area contributed by atoms with Gasteiger partial charge < -0.3 is 15.5 Å². The van der Waals surface area contributed by atoms with Crippen molar-refractivity contribution in [2.75, 3.05) is 18.0 Å². The molecule has 2 heterocycles. The molecule has 1 aliphatic carbocycles. The normalized spacial score (nSPS) is 22.9. The third-order valence-corrected chi connectivity index (χ3v) is 5.52. The van der Waals surface area contributed by atoms with Crippen molar-refractivity contribution in [2.45, 2.75) is 44.2 Å². The van der Waals surface area contributed by atoms with Crippen molar-refractivity contribution in [2.24, 2.45) is 5.92 Å². The van der Waals surface area contributed by atoms with Crippen LogP contribution in [0.4, 0.5) is 10.5 Å². The summed E-state index contributed by atoms with van der Waals surface area (Å²) in [4.78, 5) is 52.1. The van der Waals surface area contributed by atoms with E-state index in [-0.39, 0.29) is 30.2 Å². The highest BCUT2D eigenvalue weighted by Crippen LogP contribution is 2.32. The molecule has 8 heteroatoms. The summed E-state index contributed by atoms with van der Waals surface area (Å²) in [6.45, 7) is 1.31. The lowest BCUT2D eigenvalue weighted by molar-refractivity contribution is -0.133. The number of rotatable bonds is 5. The number of para-hydroxylation sites is 1. The largest absolute Gasteiger partial charge is 0.353 e. The highest BCUT2D eigenvalue weighted by atomic mass is 16.2. The SMILES string of the molecule is O=C(C[C@H]1NC(=O)N(c2ccccc2)C1=O)NC1CCN(C(=O)C2CC2)CC1. The molecule has 8 nitrogen and oxygen atoms in total. The molecule has 3 aliphatic rings. The Morgan fingerprint density at radius 2 is 1.71 bits per heavy atom. The van der Waals surface area contributed by atoms with Crippen LogP contribution in [-0.2, 0) is 14.4 Å². The molecule has 3 fully saturated rings. The van der Waals surface area contributed by atoms with Crippen molar-refractivity contribution < 1.29 is 19.2 Å². The first-order valence-electron chi connectivity index (χ1n) is 9.80. The van der Waals surface area contributed by atoms with E-state index in [1.807, 2.05) is 4.90 Å². The fourth-order valence-electron chi connectivity index (χ4n) is 3.80. The van der Waals surface area contributed by atoms with Crippen LogP contribution in [0.1, 0.15) is 32.1 Å². The number of amides is 5. The summed E-state index contributed by atoms with van der Waals surface area (Å²) < 4.78 is 0. The van der Waals surface area contributed by atoms with Gasteiger partial charge in [0.2, 0.25) is 11.8 Å². The Kier molecular flexibility index (Phi) is 5.02. The minimum absolute atomic E-state index is 0.00631. The van der Waals surface area contributed by atoms with Crippen molar-refractivity contribution in [1.29, 1.82) is 0 Å². The lowest BCUT2D eigenvalue weighted by Gasteiger charge is -2.32. The molecule has 2 aliphatic heterocycles. The lowest BCUT2D eigenvalue weighted by atomic mass is 10.0. The van der Waals surface area contributed by atoms with Crippen LogP contribution in [0, 0.1) is 5.92 Å². The zero-order valence-corrected chi connectivity index (χ0v) is 15.6. The molecular formula is C20H24N4O4. The Morgan fingerprint density at radius 1 is 1.04 bits per heavy atom. The number of urea groups is 1. The predicted molar refractivity (Wildman–Crippen MR) is 101 cm³/mol. The Labute approximate surface area is 163 Å². The first-order chi connectivity index (χ1) is 13.5. The van der Waals surface area contributed by atoms with E-state index in [1.165, 1.54) is 0 Å². The maximum absolute atomic E-state index is 12.6. The number of benzene rings is 1. The fraction of sp³-hybridized carbons (Fsp3) is 0.500. The van der Waals surface area contributed by atoms with Gasteiger partial charge in [-0.3, -0.25) is 14.4 Å². The quantitative estimate of drug-likeness (QED) is 0.741. The van der Waals surface area contributed by atoms with E-state index < -0.39 is 18.0 Å². The molecule has 0 bridgehead atoms. The summed E-state index contributed by atoms with van der Waals surface area (Å²) in [5, 5.41) is 5.53. The molecule has 0 aromatic heterocycles. The molecule has 1 aromatic carbocycles. The number of nitrogens with one attached hydrogen (secondary N) is 2. The van der Waals surface area contributed by atoms with Crippen LogP contribution in [0.3, 0.4) is 0 Å². The molecule has 2 saturated heterocycles. The third-order valence-electron chi connectivity index (χ3n) is 5.52. The van der Waals surface area contributed by atoms with Gasteiger partial charge >= 0.3 is 6.03 Å². The molecule has 28 heavy (non-hydrogen) atoms. The summed E-state index contributed by atoms with van der Waals surface area (Å²) in [7, 11) is 0. The summed E-state index contributed by atoms with van der Waals surface area (Å²) >= 11 is 0. The maximum Gasteiger partial charge on any atom is 0.329 e. The number of anilines is 1. The first-order valence-corrected chi connectivity index (χ1v) is 9.80. The Balaban J connectivity index is 1.27. The molecule has 2 N–H and O–H groups in total. The number of hydrogen-bond acceptors (Lipinski definition) is 4. The number of likely N-dealkylation sites (tertiary alicyclic amines) is 1. The van der Waals surface area contributed by atoms with E-state index in [1.54, 1.807) is 30.3 Å². The van der Waals surface area contributed by atoms with Crippen molar-refractivity contribution in [1.82, 2.24) is 15.5 Å². The molecule has 1 saturated carbocycles. The lowest BCUT2D eigenvalue weighted by Crippen LogP contribution is -2.48. The average molecular weight is 384 g/mol. The minimum Gasteiger partial charge on any atom is -0.353 e. The van der Waals surface area contributed by atoms with Crippen LogP contribution < -0.4 is 15.5 Å². The van der Waals surface area contributed by atoms with Gasteiger partial charge in [0.05, 0.1) is 12.1 Å². The predicted octanol–water partition coefficient (Wildman–Crippen LogP) is 1.02. The molecule has 5 amide bonds. The van der Waals surface area contributed by atoms with Gasteiger partial charge in [-0.1, -0.05) is 18.2 Å². The van der Waals surface area contributed by atoms with Gasteiger partial charge in [0.15, 0.2) is 0 Å². The van der Waals surface area contributed by atoms with E-state index in [0.29, 0.717) is 31.6 Å². The molecule has 0 spiro atoms. The monoisotopic (exact) mass is 384 g/mol. The second-order valence-electron chi connectivity index (χ2n) is 7.66. The molecule has 0 radical (unpaired) electrons. The van der Waals surface area contributed by atoms with E-state index in [2.05, 4.69) is 10.6 Å². The first kappa shape index (κ1) is 18.5. The van der Waals surface area contributed by atoms with Crippen molar-refractivity contribution >= 4 is 29.4 Å². The molecular weight excluding hydrogens is 360 g/mol. The molecule has 0 unspecified atom stereocenters. The van der Waals surface area contributed by atoms with E-state index >= 15 is 0 Å². The number of piperidine rings is 1. The van der Waals surface area contributed by atoms with E-state index in [9.17, 15) is 19.2 Å². The van der Waals surface area contributed by atoms with Gasteiger partial charge in [-0.25, -0.2) is 9.69 Å². The van der Waals surface area contributed by atoms with Crippen LogP contribution >= 0.6 is 0 Å². The average Bonchev–Trinajstić information content (AvgIpc) is 3.50. The van der Waals surface area contributed by atoms with Gasteiger partial charge in [0.1, 0.15) is 6.04 Å². The number of nitrogens with zero attached hydrogens (tertiary/aromatic N) is 2. The van der Waals surface area contributed by atoms with E-state index in [0.717, 1.165) is 17.7 Å². The molecule has 148 valence electrons.